The number of fused-ring (bicyclic) bond motifs is 1. The number of carbonyl (C=O) groups excluding carboxylic acids is 1. The van der Waals surface area contributed by atoms with Crippen LogP contribution in [0.3, 0.4) is 0 Å². The average Bonchev–Trinajstić information content (AvgIpc) is 3.36. The van der Waals surface area contributed by atoms with Gasteiger partial charge in [0.25, 0.3) is 0 Å². The van der Waals surface area contributed by atoms with Crippen molar-refractivity contribution in [3.8, 4) is 28.5 Å². The fourth-order valence-corrected chi connectivity index (χ4v) is 4.20. The smallest absolute Gasteiger partial charge is 0.163 e. The fourth-order valence-electron chi connectivity index (χ4n) is 4.20. The quantitative estimate of drug-likeness (QED) is 0.380. The highest BCUT2D eigenvalue weighted by Gasteiger charge is 2.30. The minimum absolute atomic E-state index is 0.0566. The molecular weight excluding hydrogens is 468 g/mol. The Morgan fingerprint density at radius 1 is 1.19 bits per heavy atom. The summed E-state index contributed by atoms with van der Waals surface area (Å²) in [6.45, 7) is 3.06. The van der Waals surface area contributed by atoms with Crippen molar-refractivity contribution in [3.05, 3.63) is 70.7 Å². The lowest BCUT2D eigenvalue weighted by atomic mass is 9.91. The molecule has 0 amide bonds. The van der Waals surface area contributed by atoms with Gasteiger partial charge in [-0.3, -0.25) is 4.79 Å². The SMILES string of the molecule is COc1cc(C(=O)CCC(C)(O)c2cc3c(c(-c4ccc(F)c(C)c4)n2)OCC3)ccc1OCCF. The topological polar surface area (TPSA) is 77.9 Å². The Morgan fingerprint density at radius 3 is 2.72 bits per heavy atom. The normalized spacial score (nSPS) is 14.1. The van der Waals surface area contributed by atoms with E-state index in [1.165, 1.54) is 13.2 Å². The molecule has 8 heteroatoms. The van der Waals surface area contributed by atoms with E-state index in [-0.39, 0.29) is 31.0 Å². The van der Waals surface area contributed by atoms with Crippen LogP contribution in [0.25, 0.3) is 11.3 Å². The maximum absolute atomic E-state index is 13.8. The number of Topliss-reactive ketones (excluding diaryl/α,β-unsaturated/α-hetero) is 1. The Bertz CT molecular complexity index is 1280. The molecule has 2 aromatic carbocycles. The number of ether oxygens (including phenoxy) is 3. The Kier molecular flexibility index (Phi) is 7.54. The first-order chi connectivity index (χ1) is 17.2. The highest BCUT2D eigenvalue weighted by Crippen LogP contribution is 2.39. The van der Waals surface area contributed by atoms with E-state index in [0.717, 1.165) is 5.56 Å². The van der Waals surface area contributed by atoms with E-state index in [0.29, 0.717) is 58.4 Å². The monoisotopic (exact) mass is 497 g/mol. The van der Waals surface area contributed by atoms with Crippen LogP contribution in [-0.4, -0.2) is 42.9 Å². The van der Waals surface area contributed by atoms with Crippen LogP contribution < -0.4 is 14.2 Å². The maximum Gasteiger partial charge on any atom is 0.163 e. The predicted molar refractivity (Wildman–Crippen MR) is 131 cm³/mol. The standard InChI is InChI=1S/C28H29F2NO5/c1-17-14-19(4-6-21(17)30)26-27-20(9-12-36-27)16-25(31-26)28(2,33)10-8-22(32)18-5-7-23(35-13-11-29)24(15-18)34-3/h4-7,14-16,33H,8-13H2,1-3H3. The van der Waals surface area contributed by atoms with Gasteiger partial charge in [0, 0.05) is 29.5 Å². The number of hydrogen-bond acceptors (Lipinski definition) is 6. The van der Waals surface area contributed by atoms with Gasteiger partial charge in [0.05, 0.1) is 19.4 Å². The molecule has 0 spiro atoms. The number of aryl methyl sites for hydroxylation is 1. The molecule has 1 atom stereocenters. The number of methoxy groups -OCH3 is 1. The van der Waals surface area contributed by atoms with E-state index in [9.17, 15) is 18.7 Å². The first-order valence-electron chi connectivity index (χ1n) is 11.8. The van der Waals surface area contributed by atoms with Gasteiger partial charge < -0.3 is 19.3 Å². The van der Waals surface area contributed by atoms with E-state index in [1.807, 2.05) is 6.07 Å². The Hall–Kier alpha value is -3.52. The lowest BCUT2D eigenvalue weighted by Gasteiger charge is -2.24. The molecule has 3 aromatic rings. The van der Waals surface area contributed by atoms with Crippen LogP contribution in [0.1, 0.15) is 46.9 Å². The summed E-state index contributed by atoms with van der Waals surface area (Å²) in [6.07, 6.45) is 0.855. The number of pyridine rings is 1. The second-order valence-corrected chi connectivity index (χ2v) is 9.01. The van der Waals surface area contributed by atoms with Crippen LogP contribution in [0.2, 0.25) is 0 Å². The number of halogens is 2. The summed E-state index contributed by atoms with van der Waals surface area (Å²) in [7, 11) is 1.44. The third-order valence-electron chi connectivity index (χ3n) is 6.31. The number of ketones is 1. The molecule has 0 saturated carbocycles. The molecule has 2 heterocycles. The second-order valence-electron chi connectivity index (χ2n) is 9.01. The molecule has 6 nitrogen and oxygen atoms in total. The van der Waals surface area contributed by atoms with Crippen LogP contribution in [0, 0.1) is 12.7 Å². The van der Waals surface area contributed by atoms with Gasteiger partial charge in [0.1, 0.15) is 36.1 Å². The van der Waals surface area contributed by atoms with E-state index >= 15 is 0 Å². The zero-order valence-corrected chi connectivity index (χ0v) is 20.6. The largest absolute Gasteiger partial charge is 0.493 e. The molecule has 190 valence electrons. The van der Waals surface area contributed by atoms with Crippen molar-refractivity contribution in [2.24, 2.45) is 0 Å². The van der Waals surface area contributed by atoms with Crippen LogP contribution >= 0.6 is 0 Å². The summed E-state index contributed by atoms with van der Waals surface area (Å²) in [5.41, 5.74) is 2.06. The minimum atomic E-state index is -1.40. The molecule has 0 saturated heterocycles. The molecule has 1 aliphatic rings. The summed E-state index contributed by atoms with van der Waals surface area (Å²) in [6, 6.07) is 11.3. The third-order valence-corrected chi connectivity index (χ3v) is 6.31. The molecular formula is C28H29F2NO5. The molecule has 4 rings (SSSR count). The lowest BCUT2D eigenvalue weighted by Crippen LogP contribution is -2.24. The van der Waals surface area contributed by atoms with Gasteiger partial charge in [0.2, 0.25) is 0 Å². The van der Waals surface area contributed by atoms with E-state index in [4.69, 9.17) is 19.2 Å². The first-order valence-corrected chi connectivity index (χ1v) is 11.8. The van der Waals surface area contributed by atoms with Crippen molar-refractivity contribution in [2.45, 2.75) is 38.7 Å². The Labute approximate surface area is 208 Å². The minimum Gasteiger partial charge on any atom is -0.493 e. The first kappa shape index (κ1) is 25.6. The molecule has 1 N–H and O–H groups in total. The number of alkyl halides is 1. The van der Waals surface area contributed by atoms with Gasteiger partial charge in [-0.15, -0.1) is 0 Å². The highest BCUT2D eigenvalue weighted by molar-refractivity contribution is 5.96. The van der Waals surface area contributed by atoms with E-state index in [2.05, 4.69) is 0 Å². The summed E-state index contributed by atoms with van der Waals surface area (Å²) >= 11 is 0. The molecule has 1 aliphatic heterocycles. The van der Waals surface area contributed by atoms with Crippen molar-refractivity contribution in [1.82, 2.24) is 4.98 Å². The van der Waals surface area contributed by atoms with Gasteiger partial charge in [0.15, 0.2) is 17.3 Å². The van der Waals surface area contributed by atoms with Crippen molar-refractivity contribution in [3.63, 3.8) is 0 Å². The third kappa shape index (κ3) is 5.33. The number of hydrogen-bond donors (Lipinski definition) is 1. The Balaban J connectivity index is 1.56. The molecule has 0 radical (unpaired) electrons. The fraction of sp³-hybridized carbons (Fsp3) is 0.357. The van der Waals surface area contributed by atoms with Gasteiger partial charge in [-0.25, -0.2) is 13.8 Å². The van der Waals surface area contributed by atoms with Crippen molar-refractivity contribution in [2.75, 3.05) is 27.0 Å². The number of carbonyl (C=O) groups is 1. The second kappa shape index (κ2) is 10.6. The van der Waals surface area contributed by atoms with Crippen molar-refractivity contribution >= 4 is 5.78 Å². The summed E-state index contributed by atoms with van der Waals surface area (Å²) in [5, 5.41) is 11.3. The van der Waals surface area contributed by atoms with E-state index in [1.54, 1.807) is 44.2 Å². The molecule has 1 aromatic heterocycles. The number of aliphatic hydroxyl groups is 1. The Morgan fingerprint density at radius 2 is 2.00 bits per heavy atom. The number of aromatic nitrogens is 1. The van der Waals surface area contributed by atoms with Crippen LogP contribution in [0.4, 0.5) is 8.78 Å². The predicted octanol–water partition coefficient (Wildman–Crippen LogP) is 5.36. The zero-order valence-electron chi connectivity index (χ0n) is 20.6. The van der Waals surface area contributed by atoms with Crippen LogP contribution in [0.5, 0.6) is 17.2 Å². The van der Waals surface area contributed by atoms with Gasteiger partial charge in [-0.2, -0.15) is 0 Å². The molecule has 0 fully saturated rings. The summed E-state index contributed by atoms with van der Waals surface area (Å²) in [5.74, 6) is 0.826. The maximum atomic E-state index is 13.8. The van der Waals surface area contributed by atoms with Crippen molar-refractivity contribution in [1.29, 1.82) is 0 Å². The highest BCUT2D eigenvalue weighted by atomic mass is 19.1. The zero-order chi connectivity index (χ0) is 25.9. The van der Waals surface area contributed by atoms with Crippen molar-refractivity contribution < 1.29 is 32.9 Å². The summed E-state index contributed by atoms with van der Waals surface area (Å²) in [4.78, 5) is 17.6. The molecule has 36 heavy (non-hydrogen) atoms. The van der Waals surface area contributed by atoms with Gasteiger partial charge in [-0.05, 0) is 68.3 Å². The number of nitrogens with zero attached hydrogens (tertiary/aromatic N) is 1. The van der Waals surface area contributed by atoms with E-state index < -0.39 is 12.3 Å². The molecule has 1 unspecified atom stereocenters. The average molecular weight is 498 g/mol. The van der Waals surface area contributed by atoms with Crippen LogP contribution in [-0.2, 0) is 12.0 Å². The molecule has 0 bridgehead atoms. The van der Waals surface area contributed by atoms with Gasteiger partial charge in [-0.1, -0.05) is 0 Å². The number of benzene rings is 2. The van der Waals surface area contributed by atoms with Crippen LogP contribution in [0.15, 0.2) is 42.5 Å². The van der Waals surface area contributed by atoms with Gasteiger partial charge >= 0.3 is 0 Å². The summed E-state index contributed by atoms with van der Waals surface area (Å²) < 4.78 is 42.6. The number of rotatable bonds is 10. The lowest BCUT2D eigenvalue weighted by molar-refractivity contribution is 0.0397. The molecule has 0 aliphatic carbocycles.